The van der Waals surface area contributed by atoms with E-state index >= 15 is 0 Å². The first-order valence-electron chi connectivity index (χ1n) is 11.5. The largest absolute Gasteiger partial charge is 0.446 e. The topological polar surface area (TPSA) is 86.8 Å². The summed E-state index contributed by atoms with van der Waals surface area (Å²) in [5.74, 6) is -3.11. The Balaban J connectivity index is 1.35. The molecule has 0 atom stereocenters. The number of alkyl halides is 5. The van der Waals surface area contributed by atoms with Gasteiger partial charge in [-0.15, -0.1) is 11.3 Å². The number of hydrogen-bond donors (Lipinski definition) is 2. The molecule has 4 rings (SSSR count). The van der Waals surface area contributed by atoms with Crippen LogP contribution >= 0.6 is 11.3 Å². The van der Waals surface area contributed by atoms with E-state index < -0.39 is 35.8 Å². The molecular weight excluding hydrogens is 509 g/mol. The minimum Gasteiger partial charge on any atom is -0.446 e. The fourth-order valence-electron chi connectivity index (χ4n) is 4.37. The van der Waals surface area contributed by atoms with Crippen LogP contribution in [0.15, 0.2) is 11.4 Å². The third-order valence-electron chi connectivity index (χ3n) is 6.27. The minimum absolute atomic E-state index is 0.00214. The number of alkyl carbamates (subject to hydrolysis) is 1. The highest BCUT2D eigenvalue weighted by Gasteiger charge is 2.38. The Morgan fingerprint density at radius 3 is 2.58 bits per heavy atom. The zero-order valence-electron chi connectivity index (χ0n) is 19.5. The Kier molecular flexibility index (Phi) is 7.55. The first-order chi connectivity index (χ1) is 17.0. The molecule has 36 heavy (non-hydrogen) atoms. The SMILES string of the molecule is CNC(=O)c1csc2c(C(F)(F)F)cc(N3CCC(OC(=O)NCCN4CCC(F)(F)C4)CC3)nc12. The summed E-state index contributed by atoms with van der Waals surface area (Å²) in [4.78, 5) is 31.8. The average molecular weight is 536 g/mol. The summed E-state index contributed by atoms with van der Waals surface area (Å²) in [6.07, 6.45) is -5.16. The van der Waals surface area contributed by atoms with Gasteiger partial charge in [-0.05, 0) is 6.07 Å². The van der Waals surface area contributed by atoms with E-state index in [1.807, 2.05) is 0 Å². The second-order valence-corrected chi connectivity index (χ2v) is 9.71. The maximum atomic E-state index is 13.8. The van der Waals surface area contributed by atoms with Gasteiger partial charge in [0.05, 0.1) is 27.9 Å². The first kappa shape index (κ1) is 26.3. The molecule has 2 aliphatic heterocycles. The molecule has 2 N–H and O–H groups in total. The van der Waals surface area contributed by atoms with E-state index in [0.29, 0.717) is 32.5 Å². The number of fused-ring (bicyclic) bond motifs is 1. The number of nitrogens with one attached hydrogen (secondary N) is 2. The Morgan fingerprint density at radius 1 is 1.25 bits per heavy atom. The highest BCUT2D eigenvalue weighted by Crippen LogP contribution is 2.40. The van der Waals surface area contributed by atoms with E-state index in [9.17, 15) is 31.5 Å². The van der Waals surface area contributed by atoms with Gasteiger partial charge in [0.15, 0.2) is 0 Å². The lowest BCUT2D eigenvalue weighted by molar-refractivity contribution is -0.136. The number of carbonyl (C=O) groups is 2. The van der Waals surface area contributed by atoms with Crippen LogP contribution in [0.3, 0.4) is 0 Å². The maximum Gasteiger partial charge on any atom is 0.417 e. The number of pyridine rings is 1. The third-order valence-corrected chi connectivity index (χ3v) is 7.27. The van der Waals surface area contributed by atoms with E-state index in [-0.39, 0.29) is 47.7 Å². The fraction of sp³-hybridized carbons (Fsp3) is 0.591. The molecule has 0 spiro atoms. The van der Waals surface area contributed by atoms with Gasteiger partial charge in [0.25, 0.3) is 11.8 Å². The quantitative estimate of drug-likeness (QED) is 0.549. The molecule has 2 aromatic rings. The molecule has 4 heterocycles. The molecule has 198 valence electrons. The van der Waals surface area contributed by atoms with E-state index in [1.165, 1.54) is 12.4 Å². The molecule has 2 saturated heterocycles. The molecule has 2 aromatic heterocycles. The fourth-order valence-corrected chi connectivity index (χ4v) is 5.40. The van der Waals surface area contributed by atoms with Gasteiger partial charge in [0.1, 0.15) is 11.9 Å². The van der Waals surface area contributed by atoms with Crippen molar-refractivity contribution in [2.75, 3.05) is 51.2 Å². The molecule has 0 radical (unpaired) electrons. The number of amides is 2. The lowest BCUT2D eigenvalue weighted by Gasteiger charge is -2.32. The number of anilines is 1. The van der Waals surface area contributed by atoms with Crippen LogP contribution in [0.4, 0.5) is 32.6 Å². The second kappa shape index (κ2) is 10.3. The summed E-state index contributed by atoms with van der Waals surface area (Å²) >= 11 is 0.822. The van der Waals surface area contributed by atoms with Gasteiger partial charge in [-0.3, -0.25) is 9.69 Å². The van der Waals surface area contributed by atoms with E-state index in [2.05, 4.69) is 15.6 Å². The normalized spacial score (nSPS) is 19.0. The smallest absolute Gasteiger partial charge is 0.417 e. The number of carbonyl (C=O) groups excluding carboxylic acids is 2. The molecule has 0 aliphatic carbocycles. The first-order valence-corrected chi connectivity index (χ1v) is 12.4. The number of aromatic nitrogens is 1. The van der Waals surface area contributed by atoms with Crippen molar-refractivity contribution in [1.29, 1.82) is 0 Å². The van der Waals surface area contributed by atoms with Crippen LogP contribution in [0, 0.1) is 0 Å². The molecule has 2 amide bonds. The van der Waals surface area contributed by atoms with Gasteiger partial charge in [-0.25, -0.2) is 18.6 Å². The maximum absolute atomic E-state index is 13.8. The monoisotopic (exact) mass is 535 g/mol. The summed E-state index contributed by atoms with van der Waals surface area (Å²) in [7, 11) is 1.39. The van der Waals surface area contributed by atoms with Crippen molar-refractivity contribution in [3.8, 4) is 0 Å². The Labute approximate surface area is 207 Å². The number of likely N-dealkylation sites (tertiary alicyclic amines) is 1. The number of nitrogens with zero attached hydrogens (tertiary/aromatic N) is 3. The standard InChI is InChI=1S/C22H26F5N5O3S/c1-28-19(33)14-11-36-18-15(22(25,26)27)10-16(30-17(14)18)32-6-2-13(3-7-32)35-20(34)29-5-9-31-8-4-21(23,24)12-31/h10-11,13H,2-9,12H2,1H3,(H,28,33)(H,29,34). The zero-order valence-corrected chi connectivity index (χ0v) is 20.3. The molecule has 2 aliphatic rings. The van der Waals surface area contributed by atoms with Crippen molar-refractivity contribution in [3.63, 3.8) is 0 Å². The van der Waals surface area contributed by atoms with Crippen LogP contribution in [-0.2, 0) is 10.9 Å². The summed E-state index contributed by atoms with van der Waals surface area (Å²) in [5, 5.41) is 6.34. The molecule has 0 bridgehead atoms. The molecule has 2 fully saturated rings. The summed E-state index contributed by atoms with van der Waals surface area (Å²) < 4.78 is 73.0. The predicted molar refractivity (Wildman–Crippen MR) is 124 cm³/mol. The van der Waals surface area contributed by atoms with E-state index in [0.717, 1.165) is 17.4 Å². The van der Waals surface area contributed by atoms with Crippen LogP contribution in [-0.4, -0.2) is 80.2 Å². The lowest BCUT2D eigenvalue weighted by Crippen LogP contribution is -2.41. The highest BCUT2D eigenvalue weighted by atomic mass is 32.1. The van der Waals surface area contributed by atoms with Crippen molar-refractivity contribution in [2.45, 2.75) is 37.5 Å². The van der Waals surface area contributed by atoms with Crippen LogP contribution in [0.5, 0.6) is 0 Å². The number of ether oxygens (including phenoxy) is 1. The van der Waals surface area contributed by atoms with Gasteiger partial charge in [-0.2, -0.15) is 13.2 Å². The minimum atomic E-state index is -4.62. The van der Waals surface area contributed by atoms with Crippen molar-refractivity contribution in [3.05, 3.63) is 22.6 Å². The van der Waals surface area contributed by atoms with Crippen LogP contribution < -0.4 is 15.5 Å². The molecule has 14 heteroatoms. The van der Waals surface area contributed by atoms with Crippen LogP contribution in [0.1, 0.15) is 35.2 Å². The molecular formula is C22H26F5N5O3S. The molecule has 0 unspecified atom stereocenters. The number of hydrogen-bond acceptors (Lipinski definition) is 7. The average Bonchev–Trinajstić information content (AvgIpc) is 3.40. The van der Waals surface area contributed by atoms with Crippen molar-refractivity contribution in [2.24, 2.45) is 0 Å². The Bertz CT molecular complexity index is 1120. The number of thiophene rings is 1. The molecule has 8 nitrogen and oxygen atoms in total. The summed E-state index contributed by atoms with van der Waals surface area (Å²) in [6, 6.07) is 0.988. The molecule has 0 saturated carbocycles. The van der Waals surface area contributed by atoms with Gasteiger partial charge in [-0.1, -0.05) is 0 Å². The highest BCUT2D eigenvalue weighted by molar-refractivity contribution is 7.17. The number of rotatable bonds is 6. The van der Waals surface area contributed by atoms with Crippen LogP contribution in [0.2, 0.25) is 0 Å². The van der Waals surface area contributed by atoms with Crippen molar-refractivity contribution in [1.82, 2.24) is 20.5 Å². The van der Waals surface area contributed by atoms with Crippen molar-refractivity contribution < 1.29 is 36.3 Å². The Hall–Kier alpha value is -2.74. The second-order valence-electron chi connectivity index (χ2n) is 8.83. The van der Waals surface area contributed by atoms with Crippen molar-refractivity contribution >= 4 is 39.4 Å². The third kappa shape index (κ3) is 5.97. The van der Waals surface area contributed by atoms with Gasteiger partial charge >= 0.3 is 12.3 Å². The van der Waals surface area contributed by atoms with E-state index in [4.69, 9.17) is 4.74 Å². The van der Waals surface area contributed by atoms with Crippen LogP contribution in [0.25, 0.3) is 10.2 Å². The number of piperidine rings is 1. The van der Waals surface area contributed by atoms with Gasteiger partial charge < -0.3 is 20.3 Å². The zero-order chi connectivity index (χ0) is 26.1. The lowest BCUT2D eigenvalue weighted by atomic mass is 10.1. The Morgan fingerprint density at radius 2 is 1.97 bits per heavy atom. The molecule has 0 aromatic carbocycles. The summed E-state index contributed by atoms with van der Waals surface area (Å²) in [6.45, 7) is 1.01. The predicted octanol–water partition coefficient (Wildman–Crippen LogP) is 3.71. The summed E-state index contributed by atoms with van der Waals surface area (Å²) in [5.41, 5.74) is -0.772. The van der Waals surface area contributed by atoms with Gasteiger partial charge in [0.2, 0.25) is 0 Å². The number of halogens is 5. The van der Waals surface area contributed by atoms with Gasteiger partial charge in [0, 0.05) is 64.4 Å². The van der Waals surface area contributed by atoms with E-state index in [1.54, 1.807) is 9.80 Å².